The fraction of sp³-hybridized carbons (Fsp3) is 0.588. The van der Waals surface area contributed by atoms with Gasteiger partial charge in [-0.1, -0.05) is 0 Å². The molecule has 2 aliphatic heterocycles. The number of carboxylic acid groups (broad SMARTS) is 1. The normalized spacial score (nSPS) is 17.1. The van der Waals surface area contributed by atoms with E-state index in [2.05, 4.69) is 34.5 Å². The Morgan fingerprint density at radius 3 is 2.37 bits per heavy atom. The lowest BCUT2D eigenvalue weighted by Gasteiger charge is -2.29. The van der Waals surface area contributed by atoms with Crippen molar-refractivity contribution in [2.75, 3.05) is 37.7 Å². The molecule has 1 saturated heterocycles. The molecule has 4 rings (SSSR count). The van der Waals surface area contributed by atoms with Crippen LogP contribution in [0.2, 0.25) is 0 Å². The van der Waals surface area contributed by atoms with Crippen LogP contribution in [0.3, 0.4) is 0 Å². The van der Waals surface area contributed by atoms with Crippen LogP contribution in [0.25, 0.3) is 0 Å². The quantitative estimate of drug-likeness (QED) is 0.760. The highest BCUT2D eigenvalue weighted by Crippen LogP contribution is 2.18. The Balaban J connectivity index is 0.000000318. The van der Waals surface area contributed by atoms with Crippen molar-refractivity contribution < 1.29 is 27.8 Å². The number of rotatable bonds is 3. The molecule has 13 heteroatoms. The van der Waals surface area contributed by atoms with E-state index < -0.39 is 12.1 Å². The van der Waals surface area contributed by atoms with E-state index in [1.54, 1.807) is 0 Å². The average Bonchev–Trinajstić information content (AvgIpc) is 3.11. The zero-order chi connectivity index (χ0) is 21.7. The van der Waals surface area contributed by atoms with Gasteiger partial charge >= 0.3 is 12.1 Å². The predicted molar refractivity (Wildman–Crippen MR) is 97.6 cm³/mol. The van der Waals surface area contributed by atoms with Gasteiger partial charge in [-0.05, 0) is 12.5 Å². The highest BCUT2D eigenvalue weighted by atomic mass is 19.4. The lowest BCUT2D eigenvalue weighted by atomic mass is 10.3. The van der Waals surface area contributed by atoms with Gasteiger partial charge in [-0.25, -0.2) is 14.8 Å². The van der Waals surface area contributed by atoms with Gasteiger partial charge in [0.2, 0.25) is 5.95 Å². The maximum atomic E-state index is 10.6. The van der Waals surface area contributed by atoms with Crippen LogP contribution in [0.5, 0.6) is 0 Å². The summed E-state index contributed by atoms with van der Waals surface area (Å²) in [5.41, 5.74) is 1.07. The number of aliphatic carboxylic acids is 1. The number of halogens is 3. The first-order chi connectivity index (χ1) is 14.2. The molecule has 0 bridgehead atoms. The van der Waals surface area contributed by atoms with Crippen molar-refractivity contribution in [2.24, 2.45) is 0 Å². The first-order valence-electron chi connectivity index (χ1n) is 9.29. The molecule has 1 fully saturated rings. The first-order valence-corrected chi connectivity index (χ1v) is 9.29. The number of morpholine rings is 1. The van der Waals surface area contributed by atoms with Crippen LogP contribution < -0.4 is 4.90 Å². The van der Waals surface area contributed by atoms with Gasteiger partial charge in [-0.3, -0.25) is 4.90 Å². The highest BCUT2D eigenvalue weighted by Gasteiger charge is 2.38. The van der Waals surface area contributed by atoms with E-state index in [0.717, 1.165) is 69.1 Å². The van der Waals surface area contributed by atoms with Crippen molar-refractivity contribution in [3.8, 4) is 0 Å². The molecule has 0 atom stereocenters. The Bertz CT molecular complexity index is 851. The summed E-state index contributed by atoms with van der Waals surface area (Å²) in [7, 11) is 0. The Kier molecular flexibility index (Phi) is 6.82. The van der Waals surface area contributed by atoms with Crippen molar-refractivity contribution in [3.63, 3.8) is 0 Å². The Hall–Kier alpha value is -2.80. The van der Waals surface area contributed by atoms with Crippen molar-refractivity contribution in [2.45, 2.75) is 32.7 Å². The van der Waals surface area contributed by atoms with E-state index in [1.807, 2.05) is 19.3 Å². The lowest BCUT2D eigenvalue weighted by Crippen LogP contribution is -2.38. The first kappa shape index (κ1) is 21.9. The average molecular weight is 429 g/mol. The zero-order valence-electron chi connectivity index (χ0n) is 16.3. The molecule has 0 unspecified atom stereocenters. The number of carbonyl (C=O) groups is 1. The van der Waals surface area contributed by atoms with Crippen LogP contribution in [-0.2, 0) is 29.2 Å². The SMILES string of the molecule is Cc1cnc(N2CCn3c(CN4CCOCC4)nnc3C2)nc1.O=C(O)C(F)(F)F. The van der Waals surface area contributed by atoms with Crippen LogP contribution in [0.15, 0.2) is 12.4 Å². The lowest BCUT2D eigenvalue weighted by molar-refractivity contribution is -0.192. The van der Waals surface area contributed by atoms with Gasteiger partial charge in [0, 0.05) is 38.6 Å². The van der Waals surface area contributed by atoms with Gasteiger partial charge in [0.25, 0.3) is 0 Å². The molecule has 0 saturated carbocycles. The highest BCUT2D eigenvalue weighted by molar-refractivity contribution is 5.73. The number of alkyl halides is 3. The summed E-state index contributed by atoms with van der Waals surface area (Å²) in [4.78, 5) is 22.2. The number of nitrogens with zero attached hydrogens (tertiary/aromatic N) is 7. The third-order valence-electron chi connectivity index (χ3n) is 4.59. The minimum absolute atomic E-state index is 0.708. The Morgan fingerprint density at radius 1 is 1.13 bits per heavy atom. The molecular weight excluding hydrogens is 407 g/mol. The zero-order valence-corrected chi connectivity index (χ0v) is 16.3. The molecule has 10 nitrogen and oxygen atoms in total. The maximum absolute atomic E-state index is 10.6. The van der Waals surface area contributed by atoms with Gasteiger partial charge < -0.3 is 19.3 Å². The van der Waals surface area contributed by atoms with E-state index in [-0.39, 0.29) is 0 Å². The van der Waals surface area contributed by atoms with Crippen LogP contribution in [0, 0.1) is 6.92 Å². The van der Waals surface area contributed by atoms with Gasteiger partial charge in [-0.15, -0.1) is 10.2 Å². The molecule has 0 aliphatic carbocycles. The summed E-state index contributed by atoms with van der Waals surface area (Å²) in [6, 6.07) is 0. The Labute approximate surface area is 170 Å². The molecule has 2 aromatic heterocycles. The van der Waals surface area contributed by atoms with Gasteiger partial charge in [0.05, 0.1) is 26.3 Å². The second-order valence-corrected chi connectivity index (χ2v) is 6.86. The molecule has 30 heavy (non-hydrogen) atoms. The molecule has 0 spiro atoms. The van der Waals surface area contributed by atoms with Crippen molar-refractivity contribution in [3.05, 3.63) is 29.6 Å². The fourth-order valence-electron chi connectivity index (χ4n) is 3.01. The molecule has 2 aliphatic rings. The van der Waals surface area contributed by atoms with Crippen LogP contribution >= 0.6 is 0 Å². The van der Waals surface area contributed by atoms with E-state index in [4.69, 9.17) is 14.6 Å². The molecule has 1 N–H and O–H groups in total. The van der Waals surface area contributed by atoms with E-state index in [1.165, 1.54) is 0 Å². The van der Waals surface area contributed by atoms with E-state index in [9.17, 15) is 13.2 Å². The van der Waals surface area contributed by atoms with Crippen LogP contribution in [0.4, 0.5) is 19.1 Å². The number of aromatic nitrogens is 5. The summed E-state index contributed by atoms with van der Waals surface area (Å²) in [6.07, 6.45) is -1.38. The van der Waals surface area contributed by atoms with Crippen molar-refractivity contribution in [1.82, 2.24) is 29.6 Å². The Morgan fingerprint density at radius 2 is 1.77 bits per heavy atom. The monoisotopic (exact) mass is 429 g/mol. The number of ether oxygens (including phenoxy) is 1. The topological polar surface area (TPSA) is 110 Å². The number of anilines is 1. The minimum atomic E-state index is -5.08. The summed E-state index contributed by atoms with van der Waals surface area (Å²) < 4.78 is 39.4. The fourth-order valence-corrected chi connectivity index (χ4v) is 3.01. The van der Waals surface area contributed by atoms with Gasteiger partial charge in [0.1, 0.15) is 5.82 Å². The van der Waals surface area contributed by atoms with E-state index in [0.29, 0.717) is 6.54 Å². The standard InChI is InChI=1S/C15H21N7O.C2HF3O2/c1-12-8-16-15(17-9-12)21-2-3-22-13(18-19-14(22)11-21)10-20-4-6-23-7-5-20;3-2(4,5)1(6)7/h8-9H,2-7,10-11H2,1H3;(H,6,7). The number of carboxylic acids is 1. The summed E-state index contributed by atoms with van der Waals surface area (Å²) >= 11 is 0. The van der Waals surface area contributed by atoms with Crippen LogP contribution in [-0.4, -0.2) is 79.7 Å². The number of hydrogen-bond acceptors (Lipinski definition) is 8. The molecule has 0 amide bonds. The smallest absolute Gasteiger partial charge is 0.475 e. The second kappa shape index (κ2) is 9.34. The van der Waals surface area contributed by atoms with Crippen LogP contribution in [0.1, 0.15) is 17.2 Å². The molecule has 4 heterocycles. The van der Waals surface area contributed by atoms with Gasteiger partial charge in [0.15, 0.2) is 5.82 Å². The molecular formula is C17H22F3N7O3. The maximum Gasteiger partial charge on any atom is 0.490 e. The largest absolute Gasteiger partial charge is 0.490 e. The number of fused-ring (bicyclic) bond motifs is 1. The second-order valence-electron chi connectivity index (χ2n) is 6.86. The third kappa shape index (κ3) is 5.63. The summed E-state index contributed by atoms with van der Waals surface area (Å²) in [5, 5.41) is 15.9. The molecule has 0 radical (unpaired) electrons. The third-order valence-corrected chi connectivity index (χ3v) is 4.59. The predicted octanol–water partition coefficient (Wildman–Crippen LogP) is 0.862. The molecule has 2 aromatic rings. The minimum Gasteiger partial charge on any atom is -0.475 e. The summed E-state index contributed by atoms with van der Waals surface area (Å²) in [6.45, 7) is 8.84. The van der Waals surface area contributed by atoms with Crippen molar-refractivity contribution >= 4 is 11.9 Å². The molecule has 0 aromatic carbocycles. The van der Waals surface area contributed by atoms with E-state index >= 15 is 0 Å². The number of aryl methyl sites for hydroxylation is 1. The summed E-state index contributed by atoms with van der Waals surface area (Å²) in [5.74, 6) is 0.0436. The number of hydrogen-bond donors (Lipinski definition) is 1. The van der Waals surface area contributed by atoms with Gasteiger partial charge in [-0.2, -0.15) is 13.2 Å². The molecule has 164 valence electrons. The van der Waals surface area contributed by atoms with Crippen molar-refractivity contribution in [1.29, 1.82) is 0 Å².